The summed E-state index contributed by atoms with van der Waals surface area (Å²) in [6.07, 6.45) is 3.67. The summed E-state index contributed by atoms with van der Waals surface area (Å²) in [7, 11) is -3.37. The third-order valence-electron chi connectivity index (χ3n) is 8.20. The van der Waals surface area contributed by atoms with Gasteiger partial charge in [0.2, 0.25) is 21.8 Å². The van der Waals surface area contributed by atoms with Crippen molar-refractivity contribution in [2.75, 3.05) is 16.6 Å². The van der Waals surface area contributed by atoms with Crippen LogP contribution in [0.3, 0.4) is 0 Å². The van der Waals surface area contributed by atoms with Gasteiger partial charge in [0.05, 0.1) is 11.4 Å². The Morgan fingerprint density at radius 1 is 0.972 bits per heavy atom. The van der Waals surface area contributed by atoms with E-state index in [2.05, 4.69) is 31.3 Å². The molecule has 36 heavy (non-hydrogen) atoms. The number of sulfonamides is 1. The van der Waals surface area contributed by atoms with E-state index < -0.39 is 22.1 Å². The van der Waals surface area contributed by atoms with E-state index in [1.165, 1.54) is 15.4 Å². The molecule has 5 rings (SSSR count). The van der Waals surface area contributed by atoms with Crippen molar-refractivity contribution in [3.63, 3.8) is 0 Å². The Bertz CT molecular complexity index is 1230. The van der Waals surface area contributed by atoms with Crippen molar-refractivity contribution in [2.45, 2.75) is 64.6 Å². The zero-order chi connectivity index (χ0) is 25.4. The third kappa shape index (κ3) is 4.40. The molecule has 192 valence electrons. The highest BCUT2D eigenvalue weighted by Gasteiger charge is 2.47. The second-order valence-corrected chi connectivity index (χ2v) is 12.3. The first kappa shape index (κ1) is 24.8. The maximum absolute atomic E-state index is 14.1. The summed E-state index contributed by atoms with van der Waals surface area (Å²) < 4.78 is 26.9. The molecular weight excluding hydrogens is 474 g/mol. The number of nitrogens with zero attached hydrogens (tertiary/aromatic N) is 2. The van der Waals surface area contributed by atoms with E-state index in [0.29, 0.717) is 18.7 Å². The van der Waals surface area contributed by atoms with Gasteiger partial charge in [-0.05, 0) is 53.9 Å². The van der Waals surface area contributed by atoms with Crippen molar-refractivity contribution in [3.8, 4) is 0 Å². The van der Waals surface area contributed by atoms with Crippen molar-refractivity contribution in [2.24, 2.45) is 11.8 Å². The lowest BCUT2D eigenvalue weighted by atomic mass is 9.86. The van der Waals surface area contributed by atoms with Crippen LogP contribution in [-0.4, -0.2) is 49.5 Å². The highest BCUT2D eigenvalue weighted by atomic mass is 32.2. The van der Waals surface area contributed by atoms with Crippen LogP contribution in [0.4, 0.5) is 5.69 Å². The summed E-state index contributed by atoms with van der Waals surface area (Å²) in [5.74, 6) is 0.00283. The second-order valence-electron chi connectivity index (χ2n) is 10.3. The van der Waals surface area contributed by atoms with Crippen LogP contribution < -0.4 is 9.62 Å². The van der Waals surface area contributed by atoms with Crippen molar-refractivity contribution in [1.29, 1.82) is 0 Å². The molecule has 3 aliphatic rings. The van der Waals surface area contributed by atoms with Gasteiger partial charge in [-0.3, -0.25) is 13.9 Å². The molecule has 2 aromatic rings. The molecule has 2 atom stereocenters. The van der Waals surface area contributed by atoms with Crippen LogP contribution in [0.1, 0.15) is 49.8 Å². The molecule has 2 aliphatic heterocycles. The van der Waals surface area contributed by atoms with E-state index in [1.807, 2.05) is 36.4 Å². The van der Waals surface area contributed by atoms with Gasteiger partial charge in [-0.2, -0.15) is 0 Å². The lowest BCUT2D eigenvalue weighted by Gasteiger charge is -2.44. The number of amides is 2. The summed E-state index contributed by atoms with van der Waals surface area (Å²) in [5.41, 5.74) is 3.85. The van der Waals surface area contributed by atoms with Crippen molar-refractivity contribution >= 4 is 27.5 Å². The monoisotopic (exact) mass is 509 g/mol. The number of piperazine rings is 1. The van der Waals surface area contributed by atoms with E-state index in [-0.39, 0.29) is 35.9 Å². The Morgan fingerprint density at radius 2 is 1.61 bits per heavy atom. The largest absolute Gasteiger partial charge is 0.342 e. The number of hydrogen-bond acceptors (Lipinski definition) is 4. The van der Waals surface area contributed by atoms with Gasteiger partial charge < -0.3 is 10.2 Å². The van der Waals surface area contributed by atoms with Gasteiger partial charge in [0, 0.05) is 13.1 Å². The Morgan fingerprint density at radius 3 is 2.22 bits per heavy atom. The lowest BCUT2D eigenvalue weighted by molar-refractivity contribution is -0.154. The van der Waals surface area contributed by atoms with Gasteiger partial charge in [0.25, 0.3) is 0 Å². The highest BCUT2D eigenvalue weighted by molar-refractivity contribution is 7.93. The van der Waals surface area contributed by atoms with Crippen molar-refractivity contribution in [1.82, 2.24) is 10.2 Å². The predicted molar refractivity (Wildman–Crippen MR) is 140 cm³/mol. The molecule has 7 nitrogen and oxygen atoms in total. The summed E-state index contributed by atoms with van der Waals surface area (Å²) in [4.78, 5) is 29.4. The first-order valence-electron chi connectivity index (χ1n) is 13.1. The predicted octanol–water partition coefficient (Wildman–Crippen LogP) is 3.27. The molecule has 1 aliphatic carbocycles. The number of carbonyl (C=O) groups excluding carboxylic acids is 2. The Balaban J connectivity index is 1.49. The summed E-state index contributed by atoms with van der Waals surface area (Å²) in [5, 5.41) is 3.10. The number of para-hydroxylation sites is 1. The maximum atomic E-state index is 14.1. The van der Waals surface area contributed by atoms with Crippen LogP contribution in [0.25, 0.3) is 0 Å². The number of carbonyl (C=O) groups is 2. The molecule has 0 saturated carbocycles. The van der Waals surface area contributed by atoms with Crippen LogP contribution in [0.2, 0.25) is 0 Å². The Labute approximate surface area is 213 Å². The molecule has 8 heteroatoms. The van der Waals surface area contributed by atoms with E-state index in [0.717, 1.165) is 31.2 Å². The zero-order valence-electron chi connectivity index (χ0n) is 21.0. The standard InChI is InChI=1S/C28H35N3O4S/c1-3-19(4-2)26-27(32)29-25(23-16-20-10-5-6-11-21(20)17-23)28(33)30(26)18-22-12-7-8-13-24(22)31-14-9-15-36(31,34)35/h5-8,10-13,19,23,25-26H,3-4,9,14-18H2,1-2H3,(H,29,32)/t25-,26-/m1/s1. The normalized spacial score (nSPS) is 23.9. The summed E-state index contributed by atoms with van der Waals surface area (Å²) in [6, 6.07) is 14.5. The number of rotatable bonds is 7. The average Bonchev–Trinajstić information content (AvgIpc) is 3.46. The molecule has 1 N–H and O–H groups in total. The minimum Gasteiger partial charge on any atom is -0.342 e. The molecule has 2 fully saturated rings. The molecule has 2 amide bonds. The third-order valence-corrected chi connectivity index (χ3v) is 10.1. The molecule has 0 radical (unpaired) electrons. The van der Waals surface area contributed by atoms with Gasteiger partial charge >= 0.3 is 0 Å². The summed E-state index contributed by atoms with van der Waals surface area (Å²) >= 11 is 0. The number of nitrogens with one attached hydrogen (secondary N) is 1. The van der Waals surface area contributed by atoms with E-state index in [4.69, 9.17) is 0 Å². The molecule has 0 aromatic heterocycles. The molecule has 2 aromatic carbocycles. The average molecular weight is 510 g/mol. The smallest absolute Gasteiger partial charge is 0.246 e. The topological polar surface area (TPSA) is 86.8 Å². The first-order chi connectivity index (χ1) is 17.3. The van der Waals surface area contributed by atoms with Crippen molar-refractivity contribution in [3.05, 3.63) is 65.2 Å². The SMILES string of the molecule is CCC(CC)[C@@H]1C(=O)N[C@H](C2Cc3ccccc3C2)C(=O)N1Cc1ccccc1N1CCCS1(=O)=O. The molecular formula is C28H35N3O4S. The second kappa shape index (κ2) is 9.88. The fourth-order valence-corrected chi connectivity index (χ4v) is 7.87. The lowest BCUT2D eigenvalue weighted by Crippen LogP contribution is -2.66. The van der Waals surface area contributed by atoms with Gasteiger partial charge in [0.1, 0.15) is 12.1 Å². The minimum absolute atomic E-state index is 0.0122. The molecule has 2 saturated heterocycles. The van der Waals surface area contributed by atoms with E-state index >= 15 is 0 Å². The van der Waals surface area contributed by atoms with Gasteiger partial charge in [-0.25, -0.2) is 8.42 Å². The number of benzene rings is 2. The minimum atomic E-state index is -3.37. The highest BCUT2D eigenvalue weighted by Crippen LogP contribution is 2.35. The Kier molecular flexibility index (Phi) is 6.81. The van der Waals surface area contributed by atoms with Crippen LogP contribution in [-0.2, 0) is 39.0 Å². The molecule has 0 spiro atoms. The number of hydrogen-bond donors (Lipinski definition) is 1. The quantitative estimate of drug-likeness (QED) is 0.621. The van der Waals surface area contributed by atoms with Gasteiger partial charge in [-0.1, -0.05) is 69.2 Å². The summed E-state index contributed by atoms with van der Waals surface area (Å²) in [6.45, 7) is 4.75. The first-order valence-corrected chi connectivity index (χ1v) is 14.7. The molecule has 0 bridgehead atoms. The van der Waals surface area contributed by atoms with Crippen LogP contribution in [0, 0.1) is 11.8 Å². The van der Waals surface area contributed by atoms with Gasteiger partial charge in [-0.15, -0.1) is 0 Å². The van der Waals surface area contributed by atoms with Gasteiger partial charge in [0.15, 0.2) is 0 Å². The fourth-order valence-electron chi connectivity index (χ4n) is 6.27. The number of anilines is 1. The number of fused-ring (bicyclic) bond motifs is 1. The van der Waals surface area contributed by atoms with E-state index in [9.17, 15) is 18.0 Å². The molecule has 0 unspecified atom stereocenters. The Hall–Kier alpha value is -2.87. The van der Waals surface area contributed by atoms with Crippen LogP contribution in [0.15, 0.2) is 48.5 Å². The molecule has 2 heterocycles. The fraction of sp³-hybridized carbons (Fsp3) is 0.500. The van der Waals surface area contributed by atoms with Crippen LogP contribution in [0.5, 0.6) is 0 Å². The van der Waals surface area contributed by atoms with E-state index in [1.54, 1.807) is 4.90 Å². The zero-order valence-corrected chi connectivity index (χ0v) is 21.8. The maximum Gasteiger partial charge on any atom is 0.246 e. The van der Waals surface area contributed by atoms with Crippen molar-refractivity contribution < 1.29 is 18.0 Å². The van der Waals surface area contributed by atoms with Crippen LogP contribution >= 0.6 is 0 Å².